The molecular formula is C63H46FGeIrN3O-2. The van der Waals surface area contributed by atoms with Gasteiger partial charge in [-0.2, -0.15) is 0 Å². The van der Waals surface area contributed by atoms with Crippen molar-refractivity contribution in [2.45, 2.75) is 17.3 Å². The number of para-hydroxylation sites is 2. The van der Waals surface area contributed by atoms with Gasteiger partial charge < -0.3 is 8.98 Å². The predicted octanol–water partition coefficient (Wildman–Crippen LogP) is 16.3. The van der Waals surface area contributed by atoms with Crippen LogP contribution in [0.1, 0.15) is 0 Å². The van der Waals surface area contributed by atoms with Crippen molar-refractivity contribution in [3.05, 3.63) is 243 Å². The Kier molecular flexibility index (Phi) is 13.1. The summed E-state index contributed by atoms with van der Waals surface area (Å²) < 4.78 is 25.5. The van der Waals surface area contributed by atoms with Crippen molar-refractivity contribution in [1.82, 2.24) is 14.5 Å². The van der Waals surface area contributed by atoms with E-state index in [1.54, 1.807) is 12.1 Å². The van der Waals surface area contributed by atoms with Crippen LogP contribution < -0.4 is 4.40 Å². The minimum Gasteiger partial charge on any atom is 0 e. The summed E-state index contributed by atoms with van der Waals surface area (Å²) in [5.41, 5.74) is 14.8. The molecule has 3 aromatic heterocycles. The maximum atomic E-state index is 15.0. The molecule has 7 heteroatoms. The van der Waals surface area contributed by atoms with Crippen molar-refractivity contribution in [3.8, 4) is 72.8 Å². The van der Waals surface area contributed by atoms with E-state index in [1.165, 1.54) is 10.5 Å². The van der Waals surface area contributed by atoms with E-state index in [4.69, 9.17) is 9.40 Å². The standard InChI is InChI=1S/C49H30FN2O.C14H16GeN.Ir/c50-42-21-11-10-20-37(42)36-24-26-39-46(31-36)53-48-40(28-27-38(47(39)48)33-16-6-2-7-17-33)49-51-43-22-12-13-23-45(43)52(49)44-29-25-35(32-14-4-1-5-15-32)30-41(44)34-18-8-3-9-19-34;1-15(2,3)13-9-10-14(16-11-13)12-7-5-4-6-8-12;/h1-27,29-31H;4-7,9-11H,1-3H3;/q2*-1;. The van der Waals surface area contributed by atoms with Crippen LogP contribution in [0.5, 0.6) is 0 Å². The third-order valence-corrected chi connectivity index (χ3v) is 16.9. The number of hydrogen-bond acceptors (Lipinski definition) is 3. The molecule has 0 amide bonds. The van der Waals surface area contributed by atoms with Crippen LogP contribution in [0.15, 0.2) is 229 Å². The van der Waals surface area contributed by atoms with Crippen molar-refractivity contribution in [3.63, 3.8) is 0 Å². The van der Waals surface area contributed by atoms with Crippen LogP contribution >= 0.6 is 0 Å². The van der Waals surface area contributed by atoms with Gasteiger partial charge in [-0.25, -0.2) is 4.39 Å². The van der Waals surface area contributed by atoms with Gasteiger partial charge in [0, 0.05) is 42.3 Å². The van der Waals surface area contributed by atoms with Crippen LogP contribution in [-0.2, 0) is 20.1 Å². The number of aromatic nitrogens is 3. The third-order valence-electron chi connectivity index (χ3n) is 12.6. The number of halogens is 1. The maximum Gasteiger partial charge on any atom is 0 e. The number of nitrogens with zero attached hydrogens (tertiary/aromatic N) is 3. The van der Waals surface area contributed by atoms with E-state index in [0.29, 0.717) is 22.6 Å². The molecule has 0 fully saturated rings. The number of rotatable bonds is 8. The molecule has 0 N–H and O–H groups in total. The van der Waals surface area contributed by atoms with Gasteiger partial charge in [-0.15, -0.1) is 12.1 Å². The van der Waals surface area contributed by atoms with E-state index in [-0.39, 0.29) is 25.9 Å². The fourth-order valence-corrected chi connectivity index (χ4v) is 11.2. The quantitative estimate of drug-likeness (QED) is 0.112. The molecule has 0 spiro atoms. The maximum absolute atomic E-state index is 15.0. The minimum atomic E-state index is -1.72. The zero-order valence-electron chi connectivity index (χ0n) is 38.8. The fraction of sp³-hybridized carbons (Fsp3) is 0.0476. The number of fused-ring (bicyclic) bond motifs is 4. The molecule has 3 heterocycles. The van der Waals surface area contributed by atoms with Gasteiger partial charge in [-0.3, -0.25) is 4.98 Å². The largest absolute Gasteiger partial charge is 0 e. The summed E-state index contributed by atoms with van der Waals surface area (Å²) in [5, 5.41) is 1.90. The second-order valence-electron chi connectivity index (χ2n) is 18.1. The van der Waals surface area contributed by atoms with Gasteiger partial charge in [0.05, 0.1) is 22.4 Å². The van der Waals surface area contributed by atoms with Crippen molar-refractivity contribution in [1.29, 1.82) is 0 Å². The first-order chi connectivity index (χ1) is 33.8. The molecule has 0 unspecified atom stereocenters. The van der Waals surface area contributed by atoms with Gasteiger partial charge in [-0.1, -0.05) is 156 Å². The Morgan fingerprint density at radius 2 is 1.21 bits per heavy atom. The summed E-state index contributed by atoms with van der Waals surface area (Å²) in [6.45, 7) is 0. The summed E-state index contributed by atoms with van der Waals surface area (Å²) in [6.07, 6.45) is 2.04. The Balaban J connectivity index is 0.000000285. The first kappa shape index (κ1) is 46.3. The molecule has 0 aliphatic heterocycles. The van der Waals surface area contributed by atoms with Gasteiger partial charge in [0.1, 0.15) is 11.4 Å². The Bertz CT molecular complexity index is 3760. The number of pyridine rings is 1. The number of imidazole rings is 1. The summed E-state index contributed by atoms with van der Waals surface area (Å²) in [5.74, 6) is 7.58. The molecule has 1 radical (unpaired) electrons. The Morgan fingerprint density at radius 1 is 0.557 bits per heavy atom. The topological polar surface area (TPSA) is 43.9 Å². The summed E-state index contributed by atoms with van der Waals surface area (Å²) >= 11 is -1.72. The van der Waals surface area contributed by atoms with Crippen molar-refractivity contribution in [2.75, 3.05) is 0 Å². The van der Waals surface area contributed by atoms with Crippen LogP contribution in [0, 0.1) is 17.9 Å². The molecule has 9 aromatic carbocycles. The average molecular weight is 1140 g/mol. The second-order valence-corrected chi connectivity index (χ2v) is 28.8. The Labute approximate surface area is 423 Å². The van der Waals surface area contributed by atoms with Gasteiger partial charge in [-0.05, 0) is 64.0 Å². The van der Waals surface area contributed by atoms with Crippen molar-refractivity contribution in [2.24, 2.45) is 0 Å². The number of benzene rings is 9. The van der Waals surface area contributed by atoms with E-state index in [0.717, 1.165) is 83.3 Å². The second kappa shape index (κ2) is 19.9. The summed E-state index contributed by atoms with van der Waals surface area (Å²) in [7, 11) is 0. The molecule has 0 aliphatic rings. The van der Waals surface area contributed by atoms with Gasteiger partial charge in [0.25, 0.3) is 0 Å². The molecule has 0 saturated carbocycles. The van der Waals surface area contributed by atoms with Crippen LogP contribution in [0.3, 0.4) is 0 Å². The average Bonchev–Trinajstić information content (AvgIpc) is 3.98. The van der Waals surface area contributed by atoms with Crippen LogP contribution in [0.25, 0.3) is 106 Å². The Hall–Kier alpha value is -7.48. The van der Waals surface area contributed by atoms with Gasteiger partial charge >= 0.3 is 99.8 Å². The van der Waals surface area contributed by atoms with Crippen LogP contribution in [0.4, 0.5) is 4.39 Å². The number of furan rings is 1. The molecule has 12 aromatic rings. The van der Waals surface area contributed by atoms with Crippen molar-refractivity contribution >= 4 is 50.6 Å². The van der Waals surface area contributed by atoms with E-state index < -0.39 is 13.3 Å². The first-order valence-electron chi connectivity index (χ1n) is 23.2. The molecular weight excluding hydrogens is 1100 g/mol. The smallest absolute Gasteiger partial charge is 0 e. The molecule has 4 nitrogen and oxygen atoms in total. The first-order valence-corrected chi connectivity index (χ1v) is 30.5. The molecule has 70 heavy (non-hydrogen) atoms. The van der Waals surface area contributed by atoms with Gasteiger partial charge in [0.15, 0.2) is 0 Å². The molecule has 0 bridgehead atoms. The monoisotopic (exact) mass is 1150 g/mol. The van der Waals surface area contributed by atoms with E-state index >= 15 is 0 Å². The minimum absolute atomic E-state index is 0. The number of hydrogen-bond donors (Lipinski definition) is 0. The molecule has 341 valence electrons. The SMILES string of the molecule is Fc1ccccc1-c1ccc2c(c1)oc1c(-c3nc4ccccc4n3-c3ccc(-c4ccccc4)cc3-c3ccccc3)[c-]cc(-c3ccccc3)c12.[CH3][Ge]([CH3])([CH3])[c]1ccc(-c2[c-]cccc2)nc1.[Ir]. The molecule has 0 saturated heterocycles. The molecule has 12 rings (SSSR count). The zero-order valence-corrected chi connectivity index (χ0v) is 43.3. The predicted molar refractivity (Wildman–Crippen MR) is 286 cm³/mol. The summed E-state index contributed by atoms with van der Waals surface area (Å²) in [6, 6.07) is 80.1. The third kappa shape index (κ3) is 9.10. The van der Waals surface area contributed by atoms with Crippen LogP contribution in [-0.4, -0.2) is 27.8 Å². The summed E-state index contributed by atoms with van der Waals surface area (Å²) in [4.78, 5) is 9.83. The molecule has 0 atom stereocenters. The Morgan fingerprint density at radius 3 is 1.90 bits per heavy atom. The fourth-order valence-electron chi connectivity index (χ4n) is 9.07. The van der Waals surface area contributed by atoms with E-state index in [1.807, 2.05) is 109 Å². The molecule has 0 aliphatic carbocycles. The van der Waals surface area contributed by atoms with Crippen LogP contribution in [0.2, 0.25) is 17.3 Å². The normalized spacial score (nSPS) is 11.3. The van der Waals surface area contributed by atoms with E-state index in [2.05, 4.69) is 136 Å². The van der Waals surface area contributed by atoms with Crippen molar-refractivity contribution < 1.29 is 28.9 Å². The zero-order chi connectivity index (χ0) is 46.9. The van der Waals surface area contributed by atoms with E-state index in [9.17, 15) is 4.39 Å². The van der Waals surface area contributed by atoms with Gasteiger partial charge in [0.2, 0.25) is 0 Å².